The van der Waals surface area contributed by atoms with E-state index >= 15 is 0 Å². The Morgan fingerprint density at radius 3 is 2.83 bits per heavy atom. The fraction of sp³-hybridized carbons (Fsp3) is 0.500. The number of carbonyl (C=O) groups excluding carboxylic acids is 1. The van der Waals surface area contributed by atoms with Crippen LogP contribution in [0.3, 0.4) is 0 Å². The highest BCUT2D eigenvalue weighted by molar-refractivity contribution is 7.98. The predicted molar refractivity (Wildman–Crippen MR) is 74.5 cm³/mol. The van der Waals surface area contributed by atoms with Gasteiger partial charge < -0.3 is 10.0 Å². The molecule has 0 aliphatic carbocycles. The first-order chi connectivity index (χ1) is 8.65. The number of nitrogens with zero attached hydrogens (tertiary/aromatic N) is 1. The first kappa shape index (κ1) is 13.4. The van der Waals surface area contributed by atoms with Gasteiger partial charge >= 0.3 is 0 Å². The molecule has 18 heavy (non-hydrogen) atoms. The second-order valence-corrected chi connectivity index (χ2v) is 5.69. The van der Waals surface area contributed by atoms with Gasteiger partial charge in [0.25, 0.3) is 0 Å². The largest absolute Gasteiger partial charge is 0.383 e. The van der Waals surface area contributed by atoms with Crippen molar-refractivity contribution < 1.29 is 9.90 Å². The highest BCUT2D eigenvalue weighted by atomic mass is 32.2. The van der Waals surface area contributed by atoms with Crippen LogP contribution < -0.4 is 0 Å². The van der Waals surface area contributed by atoms with E-state index in [1.165, 1.54) is 0 Å². The van der Waals surface area contributed by atoms with Crippen LogP contribution in [0.1, 0.15) is 18.4 Å². The lowest BCUT2D eigenvalue weighted by Gasteiger charge is -2.24. The summed E-state index contributed by atoms with van der Waals surface area (Å²) in [6, 6.07) is 9.63. The summed E-state index contributed by atoms with van der Waals surface area (Å²) in [6.07, 6.45) is 3.19. The molecule has 98 valence electrons. The average Bonchev–Trinajstić information content (AvgIpc) is 2.81. The Kier molecular flexibility index (Phi) is 4.30. The lowest BCUT2D eigenvalue weighted by molar-refractivity contribution is -0.130. The maximum atomic E-state index is 11.9. The molecule has 1 aromatic rings. The number of likely N-dealkylation sites (tertiary alicyclic amines) is 1. The standard InChI is InChI=1S/C14H19NO2S/c1-18-10-7-13(16)15-9-8-14(17,11-15)12-5-3-2-4-6-12/h2-6,17H,7-11H2,1H3. The van der Waals surface area contributed by atoms with Crippen LogP contribution in [-0.4, -0.2) is 41.0 Å². The summed E-state index contributed by atoms with van der Waals surface area (Å²) in [7, 11) is 0. The third-order valence-corrected chi connectivity index (χ3v) is 4.04. The van der Waals surface area contributed by atoms with Crippen molar-refractivity contribution in [3.63, 3.8) is 0 Å². The first-order valence-corrected chi connectivity index (χ1v) is 7.60. The molecule has 0 bridgehead atoms. The zero-order chi connectivity index (χ0) is 13.0. The van der Waals surface area contributed by atoms with Gasteiger partial charge in [-0.15, -0.1) is 0 Å². The number of carbonyl (C=O) groups is 1. The zero-order valence-corrected chi connectivity index (χ0v) is 11.4. The van der Waals surface area contributed by atoms with E-state index in [0.29, 0.717) is 25.9 Å². The summed E-state index contributed by atoms with van der Waals surface area (Å²) in [6.45, 7) is 1.07. The van der Waals surface area contributed by atoms with Gasteiger partial charge in [0.1, 0.15) is 5.60 Å². The van der Waals surface area contributed by atoms with E-state index in [2.05, 4.69) is 0 Å². The van der Waals surface area contributed by atoms with Crippen molar-refractivity contribution in [1.29, 1.82) is 0 Å². The van der Waals surface area contributed by atoms with E-state index in [4.69, 9.17) is 0 Å². The maximum absolute atomic E-state index is 11.9. The van der Waals surface area contributed by atoms with Crippen molar-refractivity contribution in [3.8, 4) is 0 Å². The SMILES string of the molecule is CSCCC(=O)N1CCC(O)(c2ccccc2)C1. The minimum absolute atomic E-state index is 0.149. The van der Waals surface area contributed by atoms with Gasteiger partial charge in [0, 0.05) is 18.7 Å². The molecule has 1 fully saturated rings. The van der Waals surface area contributed by atoms with E-state index in [0.717, 1.165) is 11.3 Å². The van der Waals surface area contributed by atoms with Gasteiger partial charge in [0.05, 0.1) is 6.54 Å². The molecular formula is C14H19NO2S. The van der Waals surface area contributed by atoms with Crippen LogP contribution in [0.15, 0.2) is 30.3 Å². The van der Waals surface area contributed by atoms with Gasteiger partial charge in [0.2, 0.25) is 5.91 Å². The van der Waals surface area contributed by atoms with Crippen LogP contribution in [0.4, 0.5) is 0 Å². The molecule has 1 saturated heterocycles. The smallest absolute Gasteiger partial charge is 0.223 e. The third-order valence-electron chi connectivity index (χ3n) is 3.43. The summed E-state index contributed by atoms with van der Waals surface area (Å²) < 4.78 is 0. The van der Waals surface area contributed by atoms with E-state index in [1.54, 1.807) is 16.7 Å². The monoisotopic (exact) mass is 265 g/mol. The van der Waals surface area contributed by atoms with Crippen LogP contribution in [0, 0.1) is 0 Å². The maximum Gasteiger partial charge on any atom is 0.223 e. The van der Waals surface area contributed by atoms with Crippen LogP contribution >= 0.6 is 11.8 Å². The summed E-state index contributed by atoms with van der Waals surface area (Å²) in [5.41, 5.74) is 0.0428. The van der Waals surface area contributed by atoms with Crippen LogP contribution in [-0.2, 0) is 10.4 Å². The predicted octanol–water partition coefficient (Wildman–Crippen LogP) is 1.86. The quantitative estimate of drug-likeness (QED) is 0.903. The molecule has 3 nitrogen and oxygen atoms in total. The number of benzene rings is 1. The summed E-state index contributed by atoms with van der Waals surface area (Å²) in [5, 5.41) is 10.6. The Morgan fingerprint density at radius 1 is 1.44 bits per heavy atom. The second-order valence-electron chi connectivity index (χ2n) is 4.71. The van der Waals surface area contributed by atoms with Gasteiger partial charge in [-0.05, 0) is 18.2 Å². The molecule has 1 aliphatic heterocycles. The number of rotatable bonds is 4. The summed E-state index contributed by atoms with van der Waals surface area (Å²) >= 11 is 1.68. The molecule has 4 heteroatoms. The van der Waals surface area contributed by atoms with Crippen LogP contribution in [0.5, 0.6) is 0 Å². The van der Waals surface area contributed by atoms with E-state index in [-0.39, 0.29) is 5.91 Å². The molecule has 1 atom stereocenters. The highest BCUT2D eigenvalue weighted by Crippen LogP contribution is 2.31. The van der Waals surface area contributed by atoms with Crippen molar-refractivity contribution in [2.24, 2.45) is 0 Å². The van der Waals surface area contributed by atoms with Gasteiger partial charge in [-0.3, -0.25) is 4.79 Å². The molecule has 0 spiro atoms. The zero-order valence-electron chi connectivity index (χ0n) is 10.6. The lowest BCUT2D eigenvalue weighted by atomic mass is 9.93. The van der Waals surface area contributed by atoms with Gasteiger partial charge in [-0.25, -0.2) is 0 Å². The Bertz CT molecular complexity index is 410. The normalized spacial score (nSPS) is 23.3. The Balaban J connectivity index is 2.01. The summed E-state index contributed by atoms with van der Waals surface area (Å²) in [5.74, 6) is 0.996. The minimum Gasteiger partial charge on any atom is -0.383 e. The number of β-amino-alcohol motifs (C(OH)–C–C–N with tert-alkyl or cyclic N) is 1. The number of aliphatic hydroxyl groups is 1. The van der Waals surface area contributed by atoms with Crippen molar-refractivity contribution in [2.75, 3.05) is 25.1 Å². The minimum atomic E-state index is -0.865. The molecule has 0 saturated carbocycles. The average molecular weight is 265 g/mol. The fourth-order valence-corrected chi connectivity index (χ4v) is 2.72. The number of hydrogen-bond donors (Lipinski definition) is 1. The van der Waals surface area contributed by atoms with Gasteiger partial charge in [-0.2, -0.15) is 11.8 Å². The summed E-state index contributed by atoms with van der Waals surface area (Å²) in [4.78, 5) is 13.7. The van der Waals surface area contributed by atoms with Crippen molar-refractivity contribution in [1.82, 2.24) is 4.90 Å². The van der Waals surface area contributed by atoms with Crippen LogP contribution in [0.2, 0.25) is 0 Å². The highest BCUT2D eigenvalue weighted by Gasteiger charge is 2.39. The second kappa shape index (κ2) is 5.76. The molecule has 1 amide bonds. The van der Waals surface area contributed by atoms with E-state index in [1.807, 2.05) is 36.6 Å². The molecule has 2 rings (SSSR count). The Morgan fingerprint density at radius 2 is 2.17 bits per heavy atom. The van der Waals surface area contributed by atoms with Crippen molar-refractivity contribution >= 4 is 17.7 Å². The number of thioether (sulfide) groups is 1. The third kappa shape index (κ3) is 2.87. The number of hydrogen-bond acceptors (Lipinski definition) is 3. The molecule has 1 unspecified atom stereocenters. The topological polar surface area (TPSA) is 40.5 Å². The van der Waals surface area contributed by atoms with Gasteiger partial charge in [-0.1, -0.05) is 30.3 Å². The van der Waals surface area contributed by atoms with Gasteiger partial charge in [0.15, 0.2) is 0 Å². The molecule has 1 N–H and O–H groups in total. The number of amides is 1. The molecule has 0 aromatic heterocycles. The molecule has 1 aliphatic rings. The molecule has 1 heterocycles. The van der Waals surface area contributed by atoms with Crippen molar-refractivity contribution in [2.45, 2.75) is 18.4 Å². The van der Waals surface area contributed by atoms with Crippen molar-refractivity contribution in [3.05, 3.63) is 35.9 Å². The van der Waals surface area contributed by atoms with Crippen LogP contribution in [0.25, 0.3) is 0 Å². The molecular weight excluding hydrogens is 246 g/mol. The van der Waals surface area contributed by atoms with E-state index in [9.17, 15) is 9.90 Å². The molecule has 1 aromatic carbocycles. The fourth-order valence-electron chi connectivity index (χ4n) is 2.34. The lowest BCUT2D eigenvalue weighted by Crippen LogP contribution is -2.34. The molecule has 0 radical (unpaired) electrons. The van der Waals surface area contributed by atoms with E-state index < -0.39 is 5.60 Å². The first-order valence-electron chi connectivity index (χ1n) is 6.20. The Labute approximate surface area is 112 Å². The Hall–Kier alpha value is -1.00.